The van der Waals surface area contributed by atoms with Gasteiger partial charge in [-0.3, -0.25) is 0 Å². The predicted octanol–water partition coefficient (Wildman–Crippen LogP) is 2.11. The Labute approximate surface area is 76.0 Å². The predicted molar refractivity (Wildman–Crippen MR) is 53.0 cm³/mol. The molecule has 3 nitrogen and oxygen atoms in total. The van der Waals surface area contributed by atoms with Crippen molar-refractivity contribution >= 4 is 11.4 Å². The third-order valence-electron chi connectivity index (χ3n) is 1.91. The second kappa shape index (κ2) is 2.86. The van der Waals surface area contributed by atoms with Gasteiger partial charge in [-0.05, 0) is 24.3 Å². The topological polar surface area (TPSA) is 65.2 Å². The molecule has 1 aromatic heterocycles. The van der Waals surface area contributed by atoms with E-state index in [9.17, 15) is 0 Å². The van der Waals surface area contributed by atoms with Crippen molar-refractivity contribution in [2.75, 3.05) is 11.5 Å². The highest BCUT2D eigenvalue weighted by molar-refractivity contribution is 5.78. The van der Waals surface area contributed by atoms with E-state index < -0.39 is 0 Å². The average Bonchev–Trinajstić information content (AvgIpc) is 2.61. The maximum Gasteiger partial charge on any atom is 0.0981 e. The van der Waals surface area contributed by atoms with E-state index in [2.05, 4.69) is 0 Å². The molecule has 0 fully saturated rings. The minimum Gasteiger partial charge on any atom is -0.472 e. The van der Waals surface area contributed by atoms with Crippen molar-refractivity contribution in [3.8, 4) is 11.1 Å². The lowest BCUT2D eigenvalue weighted by molar-refractivity contribution is 0.568. The summed E-state index contributed by atoms with van der Waals surface area (Å²) in [5.41, 5.74) is 14.7. The smallest absolute Gasteiger partial charge is 0.0981 e. The van der Waals surface area contributed by atoms with E-state index in [-0.39, 0.29) is 0 Å². The number of nitrogens with two attached hydrogens (primary N) is 2. The third-order valence-corrected chi connectivity index (χ3v) is 1.91. The molecule has 1 heterocycles. The Kier molecular flexibility index (Phi) is 1.70. The molecule has 2 aromatic rings. The number of rotatable bonds is 1. The summed E-state index contributed by atoms with van der Waals surface area (Å²) >= 11 is 0. The lowest BCUT2D eigenvalue weighted by Gasteiger charge is -2.03. The number of furan rings is 1. The van der Waals surface area contributed by atoms with Gasteiger partial charge in [0.05, 0.1) is 12.5 Å². The third kappa shape index (κ3) is 1.36. The second-order valence-electron chi connectivity index (χ2n) is 2.86. The van der Waals surface area contributed by atoms with Crippen LogP contribution in [-0.4, -0.2) is 0 Å². The van der Waals surface area contributed by atoms with Crippen molar-refractivity contribution in [2.45, 2.75) is 0 Å². The zero-order valence-corrected chi connectivity index (χ0v) is 7.03. The van der Waals surface area contributed by atoms with Gasteiger partial charge in [0.1, 0.15) is 0 Å². The number of hydrogen-bond donors (Lipinski definition) is 2. The van der Waals surface area contributed by atoms with Crippen LogP contribution in [0.3, 0.4) is 0 Å². The molecule has 0 atom stereocenters. The van der Waals surface area contributed by atoms with Crippen LogP contribution in [-0.2, 0) is 0 Å². The molecule has 0 radical (unpaired) electrons. The molecule has 3 heteroatoms. The minimum absolute atomic E-state index is 0.699. The van der Waals surface area contributed by atoms with Crippen molar-refractivity contribution in [2.24, 2.45) is 0 Å². The summed E-state index contributed by atoms with van der Waals surface area (Å²) in [7, 11) is 0. The van der Waals surface area contributed by atoms with E-state index >= 15 is 0 Å². The molecule has 0 saturated carbocycles. The normalized spacial score (nSPS) is 10.2. The fourth-order valence-electron chi connectivity index (χ4n) is 1.24. The SMILES string of the molecule is Nc1ccc(N)c(-c2ccoc2)c1. The van der Waals surface area contributed by atoms with E-state index in [0.717, 1.165) is 11.1 Å². The first-order valence-electron chi connectivity index (χ1n) is 3.95. The van der Waals surface area contributed by atoms with Crippen LogP contribution in [0.5, 0.6) is 0 Å². The van der Waals surface area contributed by atoms with Crippen LogP contribution in [0.2, 0.25) is 0 Å². The van der Waals surface area contributed by atoms with Crippen molar-refractivity contribution in [3.63, 3.8) is 0 Å². The molecule has 0 bridgehead atoms. The highest BCUT2D eigenvalue weighted by Gasteiger charge is 2.03. The average molecular weight is 174 g/mol. The molecule has 1 aromatic carbocycles. The summed E-state index contributed by atoms with van der Waals surface area (Å²) in [5.74, 6) is 0. The molecule has 66 valence electrons. The van der Waals surface area contributed by atoms with Crippen LogP contribution in [0.4, 0.5) is 11.4 Å². The van der Waals surface area contributed by atoms with Crippen molar-refractivity contribution < 1.29 is 4.42 Å². The first-order chi connectivity index (χ1) is 6.27. The van der Waals surface area contributed by atoms with Gasteiger partial charge in [0.15, 0.2) is 0 Å². The number of anilines is 2. The van der Waals surface area contributed by atoms with Gasteiger partial charge in [-0.15, -0.1) is 0 Å². The van der Waals surface area contributed by atoms with Crippen LogP contribution in [0.15, 0.2) is 41.2 Å². The Morgan fingerprint density at radius 3 is 2.62 bits per heavy atom. The standard InChI is InChI=1S/C10H10N2O/c11-8-1-2-10(12)9(5-8)7-3-4-13-6-7/h1-6H,11-12H2. The van der Waals surface area contributed by atoms with E-state index in [0.29, 0.717) is 11.4 Å². The van der Waals surface area contributed by atoms with Gasteiger partial charge in [-0.1, -0.05) is 0 Å². The monoisotopic (exact) mass is 174 g/mol. The van der Waals surface area contributed by atoms with E-state index in [1.54, 1.807) is 24.7 Å². The lowest BCUT2D eigenvalue weighted by atomic mass is 10.1. The molecular weight excluding hydrogens is 164 g/mol. The molecule has 0 spiro atoms. The van der Waals surface area contributed by atoms with Crippen molar-refractivity contribution in [1.82, 2.24) is 0 Å². The fraction of sp³-hybridized carbons (Fsp3) is 0. The van der Waals surface area contributed by atoms with Crippen LogP contribution in [0.1, 0.15) is 0 Å². The molecule has 0 aliphatic rings. The highest BCUT2D eigenvalue weighted by atomic mass is 16.3. The largest absolute Gasteiger partial charge is 0.472 e. The Balaban J connectivity index is 2.57. The number of nitrogen functional groups attached to an aromatic ring is 2. The maximum atomic E-state index is 5.78. The molecule has 0 aliphatic carbocycles. The molecule has 0 aliphatic heterocycles. The maximum absolute atomic E-state index is 5.78. The lowest BCUT2D eigenvalue weighted by Crippen LogP contribution is -1.91. The van der Waals surface area contributed by atoms with Gasteiger partial charge in [0, 0.05) is 22.5 Å². The minimum atomic E-state index is 0.699. The molecule has 0 amide bonds. The summed E-state index contributed by atoms with van der Waals surface area (Å²) in [6.07, 6.45) is 3.25. The number of hydrogen-bond acceptors (Lipinski definition) is 3. The van der Waals surface area contributed by atoms with E-state index in [1.807, 2.05) is 12.1 Å². The molecule has 0 saturated heterocycles. The van der Waals surface area contributed by atoms with Crippen LogP contribution >= 0.6 is 0 Å². The fourth-order valence-corrected chi connectivity index (χ4v) is 1.24. The Morgan fingerprint density at radius 2 is 1.92 bits per heavy atom. The van der Waals surface area contributed by atoms with Gasteiger partial charge in [-0.2, -0.15) is 0 Å². The first kappa shape index (κ1) is 7.73. The molecular formula is C10H10N2O. The molecule has 0 unspecified atom stereocenters. The second-order valence-corrected chi connectivity index (χ2v) is 2.86. The van der Waals surface area contributed by atoms with Crippen LogP contribution in [0.25, 0.3) is 11.1 Å². The van der Waals surface area contributed by atoms with E-state index in [1.165, 1.54) is 0 Å². The Hall–Kier alpha value is -1.90. The summed E-state index contributed by atoms with van der Waals surface area (Å²) in [5, 5.41) is 0. The summed E-state index contributed by atoms with van der Waals surface area (Å²) in [4.78, 5) is 0. The van der Waals surface area contributed by atoms with Gasteiger partial charge in [0.2, 0.25) is 0 Å². The van der Waals surface area contributed by atoms with Crippen molar-refractivity contribution in [1.29, 1.82) is 0 Å². The molecule has 2 rings (SSSR count). The van der Waals surface area contributed by atoms with Crippen LogP contribution in [0, 0.1) is 0 Å². The summed E-state index contributed by atoms with van der Waals surface area (Å²) in [6.45, 7) is 0. The van der Waals surface area contributed by atoms with Gasteiger partial charge < -0.3 is 15.9 Å². The van der Waals surface area contributed by atoms with Crippen LogP contribution < -0.4 is 11.5 Å². The summed E-state index contributed by atoms with van der Waals surface area (Å²) in [6, 6.07) is 7.25. The van der Waals surface area contributed by atoms with E-state index in [4.69, 9.17) is 15.9 Å². The summed E-state index contributed by atoms with van der Waals surface area (Å²) < 4.78 is 4.97. The van der Waals surface area contributed by atoms with Crippen molar-refractivity contribution in [3.05, 3.63) is 36.8 Å². The highest BCUT2D eigenvalue weighted by Crippen LogP contribution is 2.27. The Bertz CT molecular complexity index is 407. The van der Waals surface area contributed by atoms with Gasteiger partial charge >= 0.3 is 0 Å². The van der Waals surface area contributed by atoms with Gasteiger partial charge in [0.25, 0.3) is 0 Å². The zero-order valence-electron chi connectivity index (χ0n) is 7.03. The quantitative estimate of drug-likeness (QED) is 0.651. The molecule has 13 heavy (non-hydrogen) atoms. The first-order valence-corrected chi connectivity index (χ1v) is 3.95. The number of benzene rings is 1. The zero-order chi connectivity index (χ0) is 9.26. The molecule has 4 N–H and O–H groups in total. The van der Waals surface area contributed by atoms with Gasteiger partial charge in [-0.25, -0.2) is 0 Å². The Morgan fingerprint density at radius 1 is 1.08 bits per heavy atom.